The van der Waals surface area contributed by atoms with E-state index >= 15 is 0 Å². The van der Waals surface area contributed by atoms with E-state index in [0.29, 0.717) is 17.5 Å². The van der Waals surface area contributed by atoms with Crippen molar-refractivity contribution in [2.75, 3.05) is 13.6 Å². The molecule has 1 atom stereocenters. The van der Waals surface area contributed by atoms with E-state index in [0.717, 1.165) is 5.56 Å². The molecule has 82 valence electrons. The van der Waals surface area contributed by atoms with Gasteiger partial charge < -0.3 is 16.2 Å². The van der Waals surface area contributed by atoms with Crippen LogP contribution in [0.4, 0.5) is 0 Å². The zero-order valence-electron chi connectivity index (χ0n) is 8.44. The van der Waals surface area contributed by atoms with Crippen LogP contribution in [-0.4, -0.2) is 24.7 Å². The zero-order valence-corrected chi connectivity index (χ0v) is 9.20. The number of halogens is 1. The molecule has 5 heteroatoms. The predicted octanol–water partition coefficient (Wildman–Crippen LogP) is 0.908. The van der Waals surface area contributed by atoms with Crippen LogP contribution in [0.3, 0.4) is 0 Å². The molecule has 0 bridgehead atoms. The zero-order chi connectivity index (χ0) is 11.3. The van der Waals surface area contributed by atoms with Gasteiger partial charge in [-0.3, -0.25) is 4.99 Å². The Bertz CT molecular complexity index is 337. The Labute approximate surface area is 93.8 Å². The molecule has 4 nitrogen and oxygen atoms in total. The number of guanidine groups is 1. The fourth-order valence-corrected chi connectivity index (χ4v) is 1.21. The SMILES string of the molecule is CN=C(N)NC[C@@H](O)c1ccc(Cl)cc1. The summed E-state index contributed by atoms with van der Waals surface area (Å²) >= 11 is 5.73. The average Bonchev–Trinajstić information content (AvgIpc) is 2.26. The number of aliphatic hydroxyl groups is 1. The molecule has 0 saturated carbocycles. The number of aliphatic hydroxyl groups excluding tert-OH is 1. The van der Waals surface area contributed by atoms with Crippen LogP contribution in [0.2, 0.25) is 5.02 Å². The minimum Gasteiger partial charge on any atom is -0.387 e. The van der Waals surface area contributed by atoms with Crippen LogP contribution in [0.25, 0.3) is 0 Å². The van der Waals surface area contributed by atoms with E-state index in [2.05, 4.69) is 10.3 Å². The summed E-state index contributed by atoms with van der Waals surface area (Å²) < 4.78 is 0. The normalized spacial score (nSPS) is 13.7. The molecule has 0 amide bonds. The molecule has 0 unspecified atom stereocenters. The molecule has 0 radical (unpaired) electrons. The molecule has 0 aliphatic carbocycles. The fraction of sp³-hybridized carbons (Fsp3) is 0.300. The lowest BCUT2D eigenvalue weighted by Crippen LogP contribution is -2.34. The van der Waals surface area contributed by atoms with Gasteiger partial charge in [-0.2, -0.15) is 0 Å². The van der Waals surface area contributed by atoms with Crippen LogP contribution in [0.5, 0.6) is 0 Å². The number of nitrogens with one attached hydrogen (secondary N) is 1. The van der Waals surface area contributed by atoms with Crippen molar-refractivity contribution in [3.63, 3.8) is 0 Å². The van der Waals surface area contributed by atoms with Crippen molar-refractivity contribution >= 4 is 17.6 Å². The van der Waals surface area contributed by atoms with Gasteiger partial charge in [-0.05, 0) is 17.7 Å². The highest BCUT2D eigenvalue weighted by atomic mass is 35.5. The lowest BCUT2D eigenvalue weighted by Gasteiger charge is -2.12. The number of nitrogens with two attached hydrogens (primary N) is 1. The highest BCUT2D eigenvalue weighted by Crippen LogP contribution is 2.15. The van der Waals surface area contributed by atoms with Crippen molar-refractivity contribution in [3.05, 3.63) is 34.9 Å². The second-order valence-electron chi connectivity index (χ2n) is 3.06. The van der Waals surface area contributed by atoms with E-state index < -0.39 is 6.10 Å². The van der Waals surface area contributed by atoms with Gasteiger partial charge >= 0.3 is 0 Å². The maximum Gasteiger partial charge on any atom is 0.188 e. The Kier molecular flexibility index (Phi) is 4.39. The molecule has 1 aromatic rings. The van der Waals surface area contributed by atoms with Gasteiger partial charge in [0.15, 0.2) is 5.96 Å². The molecule has 0 aliphatic rings. The van der Waals surface area contributed by atoms with Crippen molar-refractivity contribution in [2.45, 2.75) is 6.10 Å². The highest BCUT2D eigenvalue weighted by Gasteiger charge is 2.06. The maximum atomic E-state index is 9.74. The van der Waals surface area contributed by atoms with Gasteiger partial charge in [0.1, 0.15) is 0 Å². The van der Waals surface area contributed by atoms with Crippen molar-refractivity contribution in [2.24, 2.45) is 10.7 Å². The molecular weight excluding hydrogens is 214 g/mol. The molecular formula is C10H14ClN3O. The smallest absolute Gasteiger partial charge is 0.188 e. The molecule has 15 heavy (non-hydrogen) atoms. The lowest BCUT2D eigenvalue weighted by molar-refractivity contribution is 0.181. The standard InChI is InChI=1S/C10H14ClN3O/c1-13-10(12)14-6-9(15)7-2-4-8(11)5-3-7/h2-5,9,15H,6H2,1H3,(H3,12,13,14)/t9-/m1/s1. The van der Waals surface area contributed by atoms with E-state index in [1.807, 2.05) is 0 Å². The van der Waals surface area contributed by atoms with Crippen LogP contribution in [0, 0.1) is 0 Å². The third-order valence-corrected chi connectivity index (χ3v) is 2.22. The quantitative estimate of drug-likeness (QED) is 0.531. The molecule has 0 aliphatic heterocycles. The summed E-state index contributed by atoms with van der Waals surface area (Å²) in [5, 5.41) is 13.2. The van der Waals surface area contributed by atoms with Gasteiger partial charge in [-0.1, -0.05) is 23.7 Å². The van der Waals surface area contributed by atoms with Crippen LogP contribution in [0.15, 0.2) is 29.3 Å². The number of hydrogen-bond donors (Lipinski definition) is 3. The topological polar surface area (TPSA) is 70.6 Å². The molecule has 0 heterocycles. The van der Waals surface area contributed by atoms with Crippen molar-refractivity contribution < 1.29 is 5.11 Å². The highest BCUT2D eigenvalue weighted by molar-refractivity contribution is 6.30. The Balaban J connectivity index is 2.53. The number of hydrogen-bond acceptors (Lipinski definition) is 2. The Hall–Kier alpha value is -1.26. The molecule has 1 aromatic carbocycles. The molecule has 4 N–H and O–H groups in total. The second kappa shape index (κ2) is 5.58. The third-order valence-electron chi connectivity index (χ3n) is 1.97. The Morgan fingerprint density at radius 1 is 1.53 bits per heavy atom. The minimum atomic E-state index is -0.623. The summed E-state index contributed by atoms with van der Waals surface area (Å²) in [7, 11) is 1.58. The number of benzene rings is 1. The lowest BCUT2D eigenvalue weighted by atomic mass is 10.1. The summed E-state index contributed by atoms with van der Waals surface area (Å²) in [6, 6.07) is 7.01. The van der Waals surface area contributed by atoms with Gasteiger partial charge in [-0.25, -0.2) is 0 Å². The van der Waals surface area contributed by atoms with E-state index in [1.165, 1.54) is 0 Å². The average molecular weight is 228 g/mol. The van der Waals surface area contributed by atoms with Crippen LogP contribution in [0.1, 0.15) is 11.7 Å². The first-order valence-electron chi connectivity index (χ1n) is 4.53. The summed E-state index contributed by atoms with van der Waals surface area (Å²) in [6.07, 6.45) is -0.623. The first-order chi connectivity index (χ1) is 7.13. The largest absolute Gasteiger partial charge is 0.387 e. The van der Waals surface area contributed by atoms with E-state index in [1.54, 1.807) is 31.3 Å². The summed E-state index contributed by atoms with van der Waals surface area (Å²) in [5.41, 5.74) is 6.22. The molecule has 1 rings (SSSR count). The van der Waals surface area contributed by atoms with Crippen molar-refractivity contribution in [1.82, 2.24) is 5.32 Å². The Morgan fingerprint density at radius 3 is 2.67 bits per heavy atom. The van der Waals surface area contributed by atoms with E-state index in [4.69, 9.17) is 17.3 Å². The van der Waals surface area contributed by atoms with Crippen LogP contribution >= 0.6 is 11.6 Å². The molecule has 0 saturated heterocycles. The van der Waals surface area contributed by atoms with E-state index in [-0.39, 0.29) is 0 Å². The van der Waals surface area contributed by atoms with E-state index in [9.17, 15) is 5.11 Å². The summed E-state index contributed by atoms with van der Waals surface area (Å²) in [4.78, 5) is 3.72. The summed E-state index contributed by atoms with van der Waals surface area (Å²) in [6.45, 7) is 0.324. The fourth-order valence-electron chi connectivity index (χ4n) is 1.08. The predicted molar refractivity (Wildman–Crippen MR) is 62.0 cm³/mol. The van der Waals surface area contributed by atoms with Crippen LogP contribution < -0.4 is 11.1 Å². The van der Waals surface area contributed by atoms with Crippen molar-refractivity contribution in [1.29, 1.82) is 0 Å². The first kappa shape index (κ1) is 11.8. The van der Waals surface area contributed by atoms with Crippen LogP contribution in [-0.2, 0) is 0 Å². The Morgan fingerprint density at radius 2 is 2.13 bits per heavy atom. The third kappa shape index (κ3) is 3.77. The maximum absolute atomic E-state index is 9.74. The minimum absolute atomic E-state index is 0.308. The number of aliphatic imine (C=N–C) groups is 1. The van der Waals surface area contributed by atoms with Crippen molar-refractivity contribution in [3.8, 4) is 0 Å². The van der Waals surface area contributed by atoms with Gasteiger partial charge in [0.25, 0.3) is 0 Å². The van der Waals surface area contributed by atoms with Gasteiger partial charge in [-0.15, -0.1) is 0 Å². The molecule has 0 spiro atoms. The molecule has 0 fully saturated rings. The number of rotatable bonds is 3. The molecule has 0 aromatic heterocycles. The summed E-state index contributed by atoms with van der Waals surface area (Å²) in [5.74, 6) is 0.308. The first-order valence-corrected chi connectivity index (χ1v) is 4.91. The van der Waals surface area contributed by atoms with Gasteiger partial charge in [0.2, 0.25) is 0 Å². The monoisotopic (exact) mass is 227 g/mol. The van der Waals surface area contributed by atoms with Gasteiger partial charge in [0, 0.05) is 18.6 Å². The second-order valence-corrected chi connectivity index (χ2v) is 3.49. The van der Waals surface area contributed by atoms with Gasteiger partial charge in [0.05, 0.1) is 6.10 Å². The number of nitrogens with zero attached hydrogens (tertiary/aromatic N) is 1.